The Bertz CT molecular complexity index is 144. The lowest BCUT2D eigenvalue weighted by molar-refractivity contribution is 0.254. The number of nitrogens with zero attached hydrogens (tertiary/aromatic N) is 2. The molecule has 90 valence electrons. The Balaban J connectivity index is 1.90. The Morgan fingerprint density at radius 3 is 2.53 bits per heavy atom. The van der Waals surface area contributed by atoms with Gasteiger partial charge in [0.1, 0.15) is 0 Å². The van der Waals surface area contributed by atoms with Gasteiger partial charge in [-0.2, -0.15) is 0 Å². The van der Waals surface area contributed by atoms with Gasteiger partial charge in [-0.1, -0.05) is 0 Å². The topological polar surface area (TPSA) is 18.5 Å². The van der Waals surface area contributed by atoms with Crippen molar-refractivity contribution in [1.29, 1.82) is 0 Å². The van der Waals surface area contributed by atoms with Crippen molar-refractivity contribution in [2.24, 2.45) is 0 Å². The van der Waals surface area contributed by atoms with Gasteiger partial charge in [-0.3, -0.25) is 0 Å². The van der Waals surface area contributed by atoms with Crippen LogP contribution in [0.3, 0.4) is 0 Å². The van der Waals surface area contributed by atoms with Crippen LogP contribution in [0.5, 0.6) is 0 Å². The van der Waals surface area contributed by atoms with Gasteiger partial charge in [0.15, 0.2) is 0 Å². The molecule has 0 atom stereocenters. The van der Waals surface area contributed by atoms with Crippen LogP contribution in [0.4, 0.5) is 0 Å². The highest BCUT2D eigenvalue weighted by Crippen LogP contribution is 2.06. The van der Waals surface area contributed by atoms with Crippen LogP contribution in [0.2, 0.25) is 0 Å². The zero-order valence-corrected chi connectivity index (χ0v) is 10.5. The molecule has 15 heavy (non-hydrogen) atoms. The molecular formula is C12H27N3. The van der Waals surface area contributed by atoms with Crippen LogP contribution in [0.1, 0.15) is 25.7 Å². The van der Waals surface area contributed by atoms with Gasteiger partial charge in [0, 0.05) is 13.1 Å². The number of likely N-dealkylation sites (N-methyl/N-ethyl adjacent to an activating group) is 1. The van der Waals surface area contributed by atoms with E-state index in [0.717, 1.165) is 6.54 Å². The van der Waals surface area contributed by atoms with Crippen LogP contribution in [0.25, 0.3) is 0 Å². The first-order valence-corrected chi connectivity index (χ1v) is 6.38. The van der Waals surface area contributed by atoms with E-state index in [1.54, 1.807) is 0 Å². The third kappa shape index (κ3) is 6.13. The summed E-state index contributed by atoms with van der Waals surface area (Å²) >= 11 is 0. The van der Waals surface area contributed by atoms with E-state index in [1.165, 1.54) is 58.4 Å². The number of nitrogens with one attached hydrogen (secondary N) is 1. The lowest BCUT2D eigenvalue weighted by atomic mass is 10.3. The Morgan fingerprint density at radius 2 is 1.87 bits per heavy atom. The van der Waals surface area contributed by atoms with Gasteiger partial charge in [0.05, 0.1) is 0 Å². The van der Waals surface area contributed by atoms with Gasteiger partial charge < -0.3 is 15.1 Å². The molecular weight excluding hydrogens is 186 g/mol. The number of likely N-dealkylation sites (tertiary alicyclic amines) is 1. The Morgan fingerprint density at radius 1 is 1.13 bits per heavy atom. The first-order chi connectivity index (χ1) is 7.33. The number of hydrogen-bond donors (Lipinski definition) is 1. The molecule has 0 bridgehead atoms. The highest BCUT2D eigenvalue weighted by molar-refractivity contribution is 4.67. The molecule has 3 heteroatoms. The normalized spacial score (nSPS) is 17.8. The molecule has 1 aliphatic heterocycles. The minimum absolute atomic E-state index is 1.15. The van der Waals surface area contributed by atoms with Gasteiger partial charge in [0.25, 0.3) is 0 Å². The molecule has 3 nitrogen and oxygen atoms in total. The second-order valence-electron chi connectivity index (χ2n) is 4.66. The Labute approximate surface area is 94.8 Å². The number of rotatable bonds is 8. The van der Waals surface area contributed by atoms with E-state index in [1.807, 2.05) is 7.05 Å². The van der Waals surface area contributed by atoms with E-state index in [0.29, 0.717) is 0 Å². The van der Waals surface area contributed by atoms with Gasteiger partial charge in [0.2, 0.25) is 0 Å². The summed E-state index contributed by atoms with van der Waals surface area (Å²) in [5.41, 5.74) is 0. The molecule has 0 unspecified atom stereocenters. The minimum Gasteiger partial charge on any atom is -0.320 e. The van der Waals surface area contributed by atoms with Crippen molar-refractivity contribution in [2.45, 2.75) is 25.7 Å². The maximum absolute atomic E-state index is 3.19. The molecule has 1 N–H and O–H groups in total. The smallest absolute Gasteiger partial charge is 0.0109 e. The molecule has 1 rings (SSSR count). The average Bonchev–Trinajstić information content (AvgIpc) is 2.74. The third-order valence-corrected chi connectivity index (χ3v) is 3.21. The fraction of sp³-hybridized carbons (Fsp3) is 1.00. The van der Waals surface area contributed by atoms with Gasteiger partial charge in [-0.05, 0) is 66.0 Å². The van der Waals surface area contributed by atoms with Gasteiger partial charge >= 0.3 is 0 Å². The number of unbranched alkanes of at least 4 members (excludes halogenated alkanes) is 1. The summed E-state index contributed by atoms with van der Waals surface area (Å²) in [6.07, 6.45) is 5.43. The molecule has 1 aliphatic rings. The van der Waals surface area contributed by atoms with Crippen LogP contribution in [0.15, 0.2) is 0 Å². The predicted molar refractivity (Wildman–Crippen MR) is 66.3 cm³/mol. The van der Waals surface area contributed by atoms with Crippen LogP contribution in [-0.2, 0) is 0 Å². The van der Waals surface area contributed by atoms with E-state index in [-0.39, 0.29) is 0 Å². The average molecular weight is 213 g/mol. The van der Waals surface area contributed by atoms with E-state index in [4.69, 9.17) is 0 Å². The summed E-state index contributed by atoms with van der Waals surface area (Å²) in [6, 6.07) is 0. The second kappa shape index (κ2) is 8.08. The van der Waals surface area contributed by atoms with Crippen molar-refractivity contribution in [3.63, 3.8) is 0 Å². The highest BCUT2D eigenvalue weighted by atomic mass is 15.2. The largest absolute Gasteiger partial charge is 0.320 e. The van der Waals surface area contributed by atoms with Crippen LogP contribution < -0.4 is 5.32 Å². The third-order valence-electron chi connectivity index (χ3n) is 3.21. The first-order valence-electron chi connectivity index (χ1n) is 6.38. The second-order valence-corrected chi connectivity index (χ2v) is 4.66. The maximum atomic E-state index is 3.19. The zero-order chi connectivity index (χ0) is 10.9. The van der Waals surface area contributed by atoms with Crippen molar-refractivity contribution in [3.8, 4) is 0 Å². The van der Waals surface area contributed by atoms with E-state index in [2.05, 4.69) is 22.2 Å². The van der Waals surface area contributed by atoms with E-state index in [9.17, 15) is 0 Å². The summed E-state index contributed by atoms with van der Waals surface area (Å²) in [5.74, 6) is 0. The van der Waals surface area contributed by atoms with E-state index < -0.39 is 0 Å². The molecule has 0 radical (unpaired) electrons. The zero-order valence-electron chi connectivity index (χ0n) is 10.5. The monoisotopic (exact) mass is 213 g/mol. The molecule has 1 heterocycles. The SMILES string of the molecule is CNCCCCN(C)CCN1CCCC1. The van der Waals surface area contributed by atoms with Crippen molar-refractivity contribution in [2.75, 3.05) is 53.4 Å². The van der Waals surface area contributed by atoms with Gasteiger partial charge in [-0.25, -0.2) is 0 Å². The molecule has 0 aliphatic carbocycles. The summed E-state index contributed by atoms with van der Waals surface area (Å²) in [7, 11) is 4.27. The fourth-order valence-electron chi connectivity index (χ4n) is 2.11. The summed E-state index contributed by atoms with van der Waals surface area (Å²) in [4.78, 5) is 5.05. The van der Waals surface area contributed by atoms with E-state index >= 15 is 0 Å². The van der Waals surface area contributed by atoms with Crippen molar-refractivity contribution >= 4 is 0 Å². The number of hydrogen-bond acceptors (Lipinski definition) is 3. The Kier molecular flexibility index (Phi) is 6.98. The minimum atomic E-state index is 1.15. The standard InChI is InChI=1S/C12H27N3/c1-13-7-3-4-8-14(2)11-12-15-9-5-6-10-15/h13H,3-12H2,1-2H3. The van der Waals surface area contributed by atoms with Crippen molar-refractivity contribution in [1.82, 2.24) is 15.1 Å². The first kappa shape index (κ1) is 12.9. The maximum Gasteiger partial charge on any atom is 0.0109 e. The molecule has 0 amide bonds. The molecule has 0 saturated carbocycles. The highest BCUT2D eigenvalue weighted by Gasteiger charge is 2.11. The Hall–Kier alpha value is -0.120. The summed E-state index contributed by atoms with van der Waals surface area (Å²) < 4.78 is 0. The van der Waals surface area contributed by atoms with Crippen LogP contribution in [0, 0.1) is 0 Å². The molecule has 0 aromatic carbocycles. The molecule has 0 aromatic rings. The predicted octanol–water partition coefficient (Wildman–Crippen LogP) is 1.01. The summed E-state index contributed by atoms with van der Waals surface area (Å²) in [5, 5.41) is 3.19. The molecule has 1 saturated heterocycles. The van der Waals surface area contributed by atoms with Crippen molar-refractivity contribution in [3.05, 3.63) is 0 Å². The van der Waals surface area contributed by atoms with Crippen molar-refractivity contribution < 1.29 is 0 Å². The molecule has 1 fully saturated rings. The lowest BCUT2D eigenvalue weighted by Crippen LogP contribution is -2.32. The van der Waals surface area contributed by atoms with Crippen LogP contribution >= 0.6 is 0 Å². The summed E-state index contributed by atoms with van der Waals surface area (Å²) in [6.45, 7) is 7.55. The fourth-order valence-corrected chi connectivity index (χ4v) is 2.11. The quantitative estimate of drug-likeness (QED) is 0.607. The molecule has 0 aromatic heterocycles. The van der Waals surface area contributed by atoms with Gasteiger partial charge in [-0.15, -0.1) is 0 Å². The lowest BCUT2D eigenvalue weighted by Gasteiger charge is -2.21. The van der Waals surface area contributed by atoms with Crippen LogP contribution in [-0.4, -0.2) is 63.2 Å². The molecule has 0 spiro atoms.